The van der Waals surface area contributed by atoms with E-state index in [1.807, 2.05) is 109 Å². The van der Waals surface area contributed by atoms with Gasteiger partial charge >= 0.3 is 0 Å². The van der Waals surface area contributed by atoms with Crippen molar-refractivity contribution in [2.45, 2.75) is 109 Å². The molecule has 0 amide bonds. The molecule has 0 radical (unpaired) electrons. The highest BCUT2D eigenvalue weighted by Crippen LogP contribution is 2.20. The standard InChI is InChI=1S/C25H29N3O2.C24H27N3O2.C20H25N3O2/c29-24-22(11-16-28(25(24)30)19-21-9-5-2-6-10-21)17-26-23-12-14-27(15-13-23)18-20-7-3-1-4-8-20;28-23-21(11-14-27(24(23)29)17-20-9-5-2-6-10-20)15-25-22-12-13-26(18-22)16-19-7-3-1-4-8-19;1-15-18(9-5-6-11-21-15)22-13-17-10-12-23(20(25)19(17)24)14-16-7-3-2-4-8-16/h1-11,16,23,26,29H,12-15,17-19H2;1-11,14,22,25,28H,12-13,15-18H2;2-4,7-8,10,12,18,21-22,24H,1,5-6,9,11,13-14H2. The maximum Gasteiger partial charge on any atom is 0.293 e. The first-order valence-corrected chi connectivity index (χ1v) is 29.5. The number of hydrogen-bond donors (Lipinski definition) is 7. The first kappa shape index (κ1) is 60.3. The first-order valence-electron chi connectivity index (χ1n) is 29.5. The van der Waals surface area contributed by atoms with Gasteiger partial charge in [0, 0.05) is 111 Å². The molecule has 15 heteroatoms. The topological polar surface area (TPSA) is 181 Å². The van der Waals surface area contributed by atoms with E-state index in [9.17, 15) is 29.7 Å². The van der Waals surface area contributed by atoms with Crippen LogP contribution in [0.2, 0.25) is 0 Å². The van der Waals surface area contributed by atoms with Crippen LogP contribution in [0, 0.1) is 0 Å². The van der Waals surface area contributed by atoms with Gasteiger partial charge in [0.2, 0.25) is 0 Å². The Morgan fingerprint density at radius 2 is 0.762 bits per heavy atom. The van der Waals surface area contributed by atoms with Gasteiger partial charge in [-0.3, -0.25) is 24.2 Å². The van der Waals surface area contributed by atoms with Gasteiger partial charge in [0.25, 0.3) is 16.7 Å². The highest BCUT2D eigenvalue weighted by molar-refractivity contribution is 5.32. The Morgan fingerprint density at radius 1 is 0.417 bits per heavy atom. The molecule has 2 unspecified atom stereocenters. The van der Waals surface area contributed by atoms with E-state index < -0.39 is 0 Å². The van der Waals surface area contributed by atoms with Gasteiger partial charge in [-0.2, -0.15) is 0 Å². The Labute approximate surface area is 493 Å². The highest BCUT2D eigenvalue weighted by atomic mass is 16.3. The summed E-state index contributed by atoms with van der Waals surface area (Å²) in [5, 5.41) is 44.8. The van der Waals surface area contributed by atoms with Crippen LogP contribution in [0.25, 0.3) is 0 Å². The zero-order valence-electron chi connectivity index (χ0n) is 48.1. The quantitative estimate of drug-likeness (QED) is 0.0410. The van der Waals surface area contributed by atoms with Crippen molar-refractivity contribution in [1.82, 2.24) is 44.8 Å². The van der Waals surface area contributed by atoms with E-state index in [-0.39, 0.29) is 40.0 Å². The summed E-state index contributed by atoms with van der Waals surface area (Å²) >= 11 is 0. The summed E-state index contributed by atoms with van der Waals surface area (Å²) < 4.78 is 4.63. The molecular formula is C69H81N9O6. The third-order valence-electron chi connectivity index (χ3n) is 16.0. The molecule has 0 saturated carbocycles. The minimum atomic E-state index is -0.360. The summed E-state index contributed by atoms with van der Waals surface area (Å²) in [5.74, 6) is -0.490. The van der Waals surface area contributed by atoms with Crippen molar-refractivity contribution in [3.05, 3.63) is 276 Å². The molecule has 8 aromatic rings. The fourth-order valence-corrected chi connectivity index (χ4v) is 11.0. The SMILES string of the molecule is C=C1NCCCCC1NCc1ccn(Cc2ccccc2)c(=O)c1O.O=c1c(O)c(CNC2CCN(Cc3ccccc3)C2)ccn1Cc1ccccc1.O=c1c(O)c(CNC2CCN(Cc3ccccc3)CC2)ccn1Cc1ccccc1. The number of nitrogens with zero attached hydrogens (tertiary/aromatic N) is 5. The zero-order valence-corrected chi connectivity index (χ0v) is 48.1. The lowest BCUT2D eigenvalue weighted by Gasteiger charge is -2.32. The molecule has 6 heterocycles. The number of piperidine rings is 1. The molecule has 7 N–H and O–H groups in total. The fourth-order valence-electron chi connectivity index (χ4n) is 11.0. The minimum Gasteiger partial charge on any atom is -0.503 e. The third kappa shape index (κ3) is 17.6. The average Bonchev–Trinajstić information content (AvgIpc) is 3.97. The molecule has 3 fully saturated rings. The van der Waals surface area contributed by atoms with Crippen molar-refractivity contribution in [2.75, 3.05) is 32.7 Å². The number of aromatic nitrogens is 3. The third-order valence-corrected chi connectivity index (χ3v) is 16.0. The van der Waals surface area contributed by atoms with E-state index in [2.05, 4.69) is 92.2 Å². The number of aromatic hydroxyl groups is 3. The van der Waals surface area contributed by atoms with Crippen LogP contribution >= 0.6 is 0 Å². The van der Waals surface area contributed by atoms with Crippen LogP contribution in [-0.2, 0) is 52.4 Å². The maximum absolute atomic E-state index is 12.5. The molecule has 3 aliphatic heterocycles. The number of pyridine rings is 3. The Balaban J connectivity index is 0.000000152. The monoisotopic (exact) mass is 1130 g/mol. The number of benzene rings is 5. The minimum absolute atomic E-state index is 0.151. The van der Waals surface area contributed by atoms with Gasteiger partial charge in [0.1, 0.15) is 0 Å². The van der Waals surface area contributed by atoms with E-state index in [1.165, 1.54) is 15.7 Å². The first-order chi connectivity index (χ1) is 41.0. The molecule has 5 aromatic carbocycles. The summed E-state index contributed by atoms with van der Waals surface area (Å²) in [5.41, 5.74) is 7.64. The average molecular weight is 1130 g/mol. The van der Waals surface area contributed by atoms with Gasteiger partial charge in [0.15, 0.2) is 17.2 Å². The summed E-state index contributed by atoms with van der Waals surface area (Å²) in [4.78, 5) is 42.4. The van der Waals surface area contributed by atoms with Crippen LogP contribution in [0.3, 0.4) is 0 Å². The van der Waals surface area contributed by atoms with Crippen molar-refractivity contribution in [3.8, 4) is 17.2 Å². The molecule has 3 aliphatic rings. The van der Waals surface area contributed by atoms with Gasteiger partial charge in [-0.25, -0.2) is 0 Å². The second kappa shape index (κ2) is 30.8. The van der Waals surface area contributed by atoms with E-state index in [1.54, 1.807) is 33.8 Å². The maximum atomic E-state index is 12.5. The lowest BCUT2D eigenvalue weighted by atomic mass is 10.0. The van der Waals surface area contributed by atoms with Crippen molar-refractivity contribution >= 4 is 0 Å². The summed E-state index contributed by atoms with van der Waals surface area (Å²) in [7, 11) is 0. The second-order valence-corrected chi connectivity index (χ2v) is 22.2. The molecule has 0 bridgehead atoms. The molecule has 3 saturated heterocycles. The lowest BCUT2D eigenvalue weighted by Crippen LogP contribution is -2.42. The summed E-state index contributed by atoms with van der Waals surface area (Å²) in [6, 6.07) is 56.8. The largest absolute Gasteiger partial charge is 0.503 e. The molecule has 84 heavy (non-hydrogen) atoms. The van der Waals surface area contributed by atoms with Crippen molar-refractivity contribution in [2.24, 2.45) is 0 Å². The smallest absolute Gasteiger partial charge is 0.293 e. The van der Waals surface area contributed by atoms with Gasteiger partial charge in [-0.1, -0.05) is 158 Å². The molecule has 11 rings (SSSR count). The van der Waals surface area contributed by atoms with Crippen LogP contribution in [0.4, 0.5) is 0 Å². The Bertz CT molecular complexity index is 3500. The molecule has 3 aromatic heterocycles. The molecule has 2 atom stereocenters. The van der Waals surface area contributed by atoms with Crippen LogP contribution in [0.15, 0.2) is 215 Å². The predicted molar refractivity (Wildman–Crippen MR) is 334 cm³/mol. The number of likely N-dealkylation sites (tertiary alicyclic amines) is 2. The van der Waals surface area contributed by atoms with E-state index in [0.29, 0.717) is 68.0 Å². The molecular weight excluding hydrogens is 1050 g/mol. The zero-order chi connectivity index (χ0) is 58.5. The van der Waals surface area contributed by atoms with E-state index in [0.717, 1.165) is 107 Å². The van der Waals surface area contributed by atoms with E-state index >= 15 is 0 Å². The predicted octanol–water partition coefficient (Wildman–Crippen LogP) is 8.67. The molecule has 0 aliphatic carbocycles. The van der Waals surface area contributed by atoms with Gasteiger partial charge < -0.3 is 50.3 Å². The van der Waals surface area contributed by atoms with Crippen molar-refractivity contribution < 1.29 is 15.3 Å². The number of hydrogen-bond acceptors (Lipinski definition) is 12. The highest BCUT2D eigenvalue weighted by Gasteiger charge is 2.24. The number of rotatable bonds is 19. The van der Waals surface area contributed by atoms with Crippen molar-refractivity contribution in [1.29, 1.82) is 0 Å². The lowest BCUT2D eigenvalue weighted by molar-refractivity contribution is 0.190. The summed E-state index contributed by atoms with van der Waals surface area (Å²) in [6.45, 7) is 13.9. The molecule has 15 nitrogen and oxygen atoms in total. The molecule has 438 valence electrons. The van der Waals surface area contributed by atoms with Crippen LogP contribution in [-0.4, -0.2) is 89.7 Å². The Kier molecular flexibility index (Phi) is 22.1. The fraction of sp³-hybridized carbons (Fsp3) is 0.319. The van der Waals surface area contributed by atoms with Crippen molar-refractivity contribution in [3.63, 3.8) is 0 Å². The normalized spacial score (nSPS) is 16.6. The van der Waals surface area contributed by atoms with E-state index in [4.69, 9.17) is 0 Å². The second-order valence-electron chi connectivity index (χ2n) is 22.2. The molecule has 0 spiro atoms. The van der Waals surface area contributed by atoms with Gasteiger partial charge in [-0.15, -0.1) is 0 Å². The van der Waals surface area contributed by atoms with Crippen LogP contribution in [0.5, 0.6) is 17.2 Å². The van der Waals surface area contributed by atoms with Gasteiger partial charge in [-0.05, 0) is 97.6 Å². The number of nitrogens with one attached hydrogen (secondary N) is 4. The van der Waals surface area contributed by atoms with Crippen LogP contribution < -0.4 is 37.9 Å². The van der Waals surface area contributed by atoms with Gasteiger partial charge in [0.05, 0.1) is 19.6 Å². The Hall–Kier alpha value is -8.31. The summed E-state index contributed by atoms with van der Waals surface area (Å²) in [6.07, 6.45) is 11.8. The van der Waals surface area contributed by atoms with Crippen LogP contribution in [0.1, 0.15) is 83.0 Å². The Morgan fingerprint density at radius 3 is 1.18 bits per heavy atom.